The summed E-state index contributed by atoms with van der Waals surface area (Å²) < 4.78 is 65.5. The van der Waals surface area contributed by atoms with Crippen LogP contribution in [0.1, 0.15) is 5.56 Å². The van der Waals surface area contributed by atoms with E-state index in [1.807, 2.05) is 0 Å². The Morgan fingerprint density at radius 1 is 0.880 bits per heavy atom. The van der Waals surface area contributed by atoms with Gasteiger partial charge in [-0.1, -0.05) is 12.1 Å². The van der Waals surface area contributed by atoms with E-state index >= 15 is 0 Å². The molecule has 0 atom stereocenters. The normalized spacial score (nSPS) is 10.0. The SMILES string of the molecule is O=C(O)COc1ccc(CO)cc1.Oc1c(F)c(F)c(F)c(F)c1F. The zero-order valence-corrected chi connectivity index (χ0v) is 12.3. The van der Waals surface area contributed by atoms with Crippen molar-refractivity contribution in [3.63, 3.8) is 0 Å². The number of phenolic OH excluding ortho intramolecular Hbond substituents is 1. The quantitative estimate of drug-likeness (QED) is 0.440. The van der Waals surface area contributed by atoms with Gasteiger partial charge in [-0.25, -0.2) is 18.0 Å². The molecule has 0 spiro atoms. The molecule has 0 saturated heterocycles. The molecule has 0 aromatic heterocycles. The monoisotopic (exact) mass is 366 g/mol. The molecule has 0 aliphatic heterocycles. The Kier molecular flexibility index (Phi) is 7.12. The topological polar surface area (TPSA) is 87.0 Å². The molecule has 5 nitrogen and oxygen atoms in total. The van der Waals surface area contributed by atoms with Crippen molar-refractivity contribution >= 4 is 5.97 Å². The molecule has 0 aliphatic rings. The van der Waals surface area contributed by atoms with Gasteiger partial charge in [0.05, 0.1) is 6.61 Å². The first kappa shape index (κ1) is 20.2. The number of carboxylic acids is 1. The molecule has 25 heavy (non-hydrogen) atoms. The van der Waals surface area contributed by atoms with E-state index in [4.69, 9.17) is 20.1 Å². The summed E-state index contributed by atoms with van der Waals surface area (Å²) >= 11 is 0. The van der Waals surface area contributed by atoms with E-state index in [2.05, 4.69) is 0 Å². The van der Waals surface area contributed by atoms with Crippen molar-refractivity contribution in [2.75, 3.05) is 6.61 Å². The third-order valence-corrected chi connectivity index (χ3v) is 2.65. The Morgan fingerprint density at radius 2 is 1.32 bits per heavy atom. The Labute approximate surface area is 137 Å². The summed E-state index contributed by atoms with van der Waals surface area (Å²) in [6.45, 7) is -0.377. The first-order valence-electron chi connectivity index (χ1n) is 6.43. The molecular formula is C15H11F5O5. The van der Waals surface area contributed by atoms with E-state index in [9.17, 15) is 26.7 Å². The second-order valence-electron chi connectivity index (χ2n) is 4.40. The van der Waals surface area contributed by atoms with Gasteiger partial charge in [-0.05, 0) is 17.7 Å². The number of aliphatic carboxylic acids is 1. The van der Waals surface area contributed by atoms with Crippen LogP contribution in [0.15, 0.2) is 24.3 Å². The molecule has 0 aliphatic carbocycles. The number of benzene rings is 2. The van der Waals surface area contributed by atoms with E-state index in [0.29, 0.717) is 5.75 Å². The third kappa shape index (κ3) is 5.31. The lowest BCUT2D eigenvalue weighted by atomic mass is 10.2. The second kappa shape index (κ2) is 8.83. The maximum atomic E-state index is 12.2. The number of hydrogen-bond donors (Lipinski definition) is 3. The molecule has 2 aromatic rings. The molecule has 0 saturated carbocycles. The number of ether oxygens (including phenoxy) is 1. The maximum absolute atomic E-state index is 12.2. The highest BCUT2D eigenvalue weighted by molar-refractivity contribution is 5.68. The molecular weight excluding hydrogens is 355 g/mol. The van der Waals surface area contributed by atoms with Crippen LogP contribution in [-0.2, 0) is 11.4 Å². The fourth-order valence-electron chi connectivity index (χ4n) is 1.43. The lowest BCUT2D eigenvalue weighted by Gasteiger charge is -2.02. The summed E-state index contributed by atoms with van der Waals surface area (Å²) in [7, 11) is 0. The Hall–Kier alpha value is -2.88. The number of carboxylic acid groups (broad SMARTS) is 1. The first-order valence-corrected chi connectivity index (χ1v) is 6.43. The molecule has 0 unspecified atom stereocenters. The Bertz CT molecular complexity index is 644. The molecule has 2 rings (SSSR count). The van der Waals surface area contributed by atoms with Crippen molar-refractivity contribution in [2.24, 2.45) is 0 Å². The Morgan fingerprint density at radius 3 is 1.72 bits per heavy atom. The molecule has 136 valence electrons. The van der Waals surface area contributed by atoms with E-state index in [1.165, 1.54) is 0 Å². The van der Waals surface area contributed by atoms with Gasteiger partial charge in [0.1, 0.15) is 5.75 Å². The number of aliphatic hydroxyl groups is 1. The van der Waals surface area contributed by atoms with Crippen molar-refractivity contribution in [2.45, 2.75) is 6.61 Å². The summed E-state index contributed by atoms with van der Waals surface area (Å²) in [5.74, 6) is -13.5. The molecule has 3 N–H and O–H groups in total. The van der Waals surface area contributed by atoms with Crippen LogP contribution in [0.3, 0.4) is 0 Å². The fourth-order valence-corrected chi connectivity index (χ4v) is 1.43. The summed E-state index contributed by atoms with van der Waals surface area (Å²) in [5.41, 5.74) is 0.766. The van der Waals surface area contributed by atoms with Crippen LogP contribution >= 0.6 is 0 Å². The van der Waals surface area contributed by atoms with Gasteiger partial charge < -0.3 is 20.1 Å². The van der Waals surface area contributed by atoms with Crippen molar-refractivity contribution < 1.29 is 46.8 Å². The van der Waals surface area contributed by atoms with Gasteiger partial charge in [-0.3, -0.25) is 0 Å². The van der Waals surface area contributed by atoms with Gasteiger partial charge >= 0.3 is 5.97 Å². The predicted molar refractivity (Wildman–Crippen MR) is 73.4 cm³/mol. The van der Waals surface area contributed by atoms with Crippen LogP contribution in [0.4, 0.5) is 22.0 Å². The van der Waals surface area contributed by atoms with Crippen LogP contribution in [0.25, 0.3) is 0 Å². The van der Waals surface area contributed by atoms with Crippen molar-refractivity contribution in [1.82, 2.24) is 0 Å². The largest absolute Gasteiger partial charge is 0.503 e. The van der Waals surface area contributed by atoms with E-state index in [0.717, 1.165) is 5.56 Å². The minimum absolute atomic E-state index is 0.0286. The van der Waals surface area contributed by atoms with Crippen molar-refractivity contribution in [3.8, 4) is 11.5 Å². The summed E-state index contributed by atoms with van der Waals surface area (Å²) in [5, 5.41) is 25.3. The predicted octanol–water partition coefficient (Wildman–Crippen LogP) is 2.73. The number of rotatable bonds is 4. The smallest absolute Gasteiger partial charge is 0.341 e. The summed E-state index contributed by atoms with van der Waals surface area (Å²) in [4.78, 5) is 10.1. The summed E-state index contributed by atoms with van der Waals surface area (Å²) in [6.07, 6.45) is 0. The number of phenols is 1. The fraction of sp³-hybridized carbons (Fsp3) is 0.133. The second-order valence-corrected chi connectivity index (χ2v) is 4.40. The highest BCUT2D eigenvalue weighted by Gasteiger charge is 2.24. The highest BCUT2D eigenvalue weighted by atomic mass is 19.2. The van der Waals surface area contributed by atoms with Gasteiger partial charge in [0, 0.05) is 0 Å². The number of carbonyl (C=O) groups is 1. The number of aromatic hydroxyl groups is 1. The van der Waals surface area contributed by atoms with Crippen LogP contribution < -0.4 is 4.74 Å². The standard InChI is InChI=1S/C9H10O4.C6HF5O/c10-5-7-1-3-8(4-2-7)13-6-9(11)12;7-1-2(8)4(10)6(12)5(11)3(1)9/h1-4,10H,5-6H2,(H,11,12);12H. The number of halogens is 5. The van der Waals surface area contributed by atoms with E-state index < -0.39 is 40.8 Å². The maximum Gasteiger partial charge on any atom is 0.341 e. The molecule has 10 heteroatoms. The van der Waals surface area contributed by atoms with Gasteiger partial charge in [0.2, 0.25) is 29.1 Å². The van der Waals surface area contributed by atoms with E-state index in [1.54, 1.807) is 24.3 Å². The van der Waals surface area contributed by atoms with Crippen LogP contribution in [0, 0.1) is 29.1 Å². The van der Waals surface area contributed by atoms with E-state index in [-0.39, 0.29) is 13.2 Å². The van der Waals surface area contributed by atoms with Crippen molar-refractivity contribution in [1.29, 1.82) is 0 Å². The molecule has 0 fully saturated rings. The lowest BCUT2D eigenvalue weighted by Crippen LogP contribution is -2.09. The number of aliphatic hydroxyl groups excluding tert-OH is 1. The highest BCUT2D eigenvalue weighted by Crippen LogP contribution is 2.27. The number of hydrogen-bond acceptors (Lipinski definition) is 4. The minimum atomic E-state index is -2.29. The molecule has 2 aromatic carbocycles. The van der Waals surface area contributed by atoms with Crippen molar-refractivity contribution in [3.05, 3.63) is 58.9 Å². The zero-order chi connectivity index (χ0) is 19.1. The minimum Gasteiger partial charge on any atom is -0.503 e. The molecule has 0 amide bonds. The van der Waals surface area contributed by atoms with Gasteiger partial charge in [-0.15, -0.1) is 0 Å². The van der Waals surface area contributed by atoms with Gasteiger partial charge in [0.15, 0.2) is 12.4 Å². The average molecular weight is 366 g/mol. The molecule has 0 radical (unpaired) electrons. The van der Waals surface area contributed by atoms with Crippen LogP contribution in [0.5, 0.6) is 11.5 Å². The molecule has 0 heterocycles. The molecule has 0 bridgehead atoms. The van der Waals surface area contributed by atoms with Crippen LogP contribution in [-0.4, -0.2) is 27.9 Å². The average Bonchev–Trinajstić information content (AvgIpc) is 2.62. The third-order valence-electron chi connectivity index (χ3n) is 2.65. The lowest BCUT2D eigenvalue weighted by molar-refractivity contribution is -0.139. The Balaban J connectivity index is 0.000000251. The van der Waals surface area contributed by atoms with Crippen LogP contribution in [0.2, 0.25) is 0 Å². The zero-order valence-electron chi connectivity index (χ0n) is 12.3. The first-order chi connectivity index (χ1) is 11.7. The van der Waals surface area contributed by atoms with Gasteiger partial charge in [0.25, 0.3) is 0 Å². The van der Waals surface area contributed by atoms with Gasteiger partial charge in [-0.2, -0.15) is 8.78 Å². The summed E-state index contributed by atoms with van der Waals surface area (Å²) in [6, 6.07) is 6.59.